The number of aliphatic hydroxyl groups is 1. The van der Waals surface area contributed by atoms with Crippen molar-refractivity contribution in [1.82, 2.24) is 4.98 Å². The quantitative estimate of drug-likeness (QED) is 0.912. The van der Waals surface area contributed by atoms with E-state index in [1.54, 1.807) is 5.38 Å². The van der Waals surface area contributed by atoms with Gasteiger partial charge in [-0.3, -0.25) is 0 Å². The van der Waals surface area contributed by atoms with Crippen LogP contribution in [0.5, 0.6) is 0 Å². The Morgan fingerprint density at radius 3 is 2.40 bits per heavy atom. The van der Waals surface area contributed by atoms with Gasteiger partial charge in [0, 0.05) is 23.9 Å². The summed E-state index contributed by atoms with van der Waals surface area (Å²) in [6, 6.07) is 9.11. The lowest BCUT2D eigenvalue weighted by Crippen LogP contribution is -2.52. The second-order valence-corrected chi connectivity index (χ2v) is 5.35. The summed E-state index contributed by atoms with van der Waals surface area (Å²) < 4.78 is 38.3. The number of halogens is 3. The van der Waals surface area contributed by atoms with Crippen LogP contribution in [0.15, 0.2) is 35.7 Å². The van der Waals surface area contributed by atoms with Crippen molar-refractivity contribution in [3.8, 4) is 11.3 Å². The highest BCUT2D eigenvalue weighted by Gasteiger charge is 2.53. The molecule has 108 valence electrons. The number of hydrogen-bond donors (Lipinski definition) is 2. The molecule has 1 heterocycles. The van der Waals surface area contributed by atoms with Gasteiger partial charge < -0.3 is 10.8 Å². The molecule has 0 spiro atoms. The minimum atomic E-state index is -4.78. The number of benzene rings is 1. The van der Waals surface area contributed by atoms with Gasteiger partial charge in [-0.15, -0.1) is 11.3 Å². The van der Waals surface area contributed by atoms with Crippen molar-refractivity contribution in [2.75, 3.05) is 6.54 Å². The summed E-state index contributed by atoms with van der Waals surface area (Å²) in [6.45, 7) is -0.892. The third-order valence-electron chi connectivity index (χ3n) is 2.93. The maximum Gasteiger partial charge on any atom is 0.418 e. The second kappa shape index (κ2) is 5.51. The summed E-state index contributed by atoms with van der Waals surface area (Å²) in [6.07, 6.45) is -5.41. The van der Waals surface area contributed by atoms with Crippen molar-refractivity contribution in [3.63, 3.8) is 0 Å². The van der Waals surface area contributed by atoms with Crippen LogP contribution in [0.1, 0.15) is 5.01 Å². The third kappa shape index (κ3) is 3.00. The number of rotatable bonds is 4. The Hall–Kier alpha value is -1.44. The van der Waals surface area contributed by atoms with Crippen LogP contribution in [-0.2, 0) is 6.42 Å². The summed E-state index contributed by atoms with van der Waals surface area (Å²) in [5.41, 5.74) is 3.54. The van der Waals surface area contributed by atoms with E-state index >= 15 is 0 Å². The molecule has 0 aliphatic heterocycles. The first-order valence-corrected chi connectivity index (χ1v) is 6.73. The molecule has 1 aromatic carbocycles. The predicted molar refractivity (Wildman–Crippen MR) is 71.3 cm³/mol. The lowest BCUT2D eigenvalue weighted by Gasteiger charge is -2.28. The molecule has 2 rings (SSSR count). The molecular weight excluding hydrogens is 289 g/mol. The molecule has 3 N–H and O–H groups in total. The number of nitrogens with zero attached hydrogens (tertiary/aromatic N) is 1. The van der Waals surface area contributed by atoms with Gasteiger partial charge in [-0.2, -0.15) is 13.2 Å². The molecule has 3 nitrogen and oxygen atoms in total. The Labute approximate surface area is 117 Å². The SMILES string of the molecule is NCC(O)(Cc1nc(-c2ccccc2)cs1)C(F)(F)F. The molecule has 0 aliphatic rings. The summed E-state index contributed by atoms with van der Waals surface area (Å²) in [7, 11) is 0. The van der Waals surface area contributed by atoms with Gasteiger partial charge >= 0.3 is 6.18 Å². The molecule has 0 amide bonds. The van der Waals surface area contributed by atoms with Crippen molar-refractivity contribution < 1.29 is 18.3 Å². The zero-order valence-electron chi connectivity index (χ0n) is 10.4. The summed E-state index contributed by atoms with van der Waals surface area (Å²) >= 11 is 1.08. The van der Waals surface area contributed by atoms with E-state index < -0.39 is 24.7 Å². The number of aromatic nitrogens is 1. The van der Waals surface area contributed by atoms with Gasteiger partial charge in [0.1, 0.15) is 0 Å². The Bertz CT molecular complexity index is 570. The fourth-order valence-corrected chi connectivity index (χ4v) is 2.58. The van der Waals surface area contributed by atoms with Gasteiger partial charge in [0.2, 0.25) is 0 Å². The van der Waals surface area contributed by atoms with Crippen LogP contribution in [-0.4, -0.2) is 28.4 Å². The van der Waals surface area contributed by atoms with Crippen molar-refractivity contribution in [3.05, 3.63) is 40.7 Å². The molecule has 0 radical (unpaired) electrons. The zero-order valence-corrected chi connectivity index (χ0v) is 11.2. The number of alkyl halides is 3. The van der Waals surface area contributed by atoms with E-state index in [1.807, 2.05) is 30.3 Å². The van der Waals surface area contributed by atoms with E-state index in [1.165, 1.54) is 0 Å². The van der Waals surface area contributed by atoms with Crippen LogP contribution in [0.2, 0.25) is 0 Å². The average molecular weight is 302 g/mol. The van der Waals surface area contributed by atoms with Crippen molar-refractivity contribution in [1.29, 1.82) is 0 Å². The normalized spacial score (nSPS) is 15.1. The Morgan fingerprint density at radius 1 is 1.20 bits per heavy atom. The molecule has 0 bridgehead atoms. The largest absolute Gasteiger partial charge is 0.418 e. The molecule has 7 heteroatoms. The molecule has 0 saturated heterocycles. The molecular formula is C13H13F3N2OS. The number of thiazole rings is 1. The Balaban J connectivity index is 2.22. The highest BCUT2D eigenvalue weighted by molar-refractivity contribution is 7.09. The molecule has 1 aromatic heterocycles. The van der Waals surface area contributed by atoms with Crippen molar-refractivity contribution >= 4 is 11.3 Å². The van der Waals surface area contributed by atoms with Crippen LogP contribution in [0.3, 0.4) is 0 Å². The first kappa shape index (κ1) is 15.0. The first-order chi connectivity index (χ1) is 9.36. The van der Waals surface area contributed by atoms with E-state index in [-0.39, 0.29) is 5.01 Å². The van der Waals surface area contributed by atoms with Gasteiger partial charge in [0.15, 0.2) is 5.60 Å². The van der Waals surface area contributed by atoms with Gasteiger partial charge in [0.05, 0.1) is 10.7 Å². The first-order valence-electron chi connectivity index (χ1n) is 5.85. The Morgan fingerprint density at radius 2 is 1.85 bits per heavy atom. The van der Waals surface area contributed by atoms with E-state index in [9.17, 15) is 18.3 Å². The fourth-order valence-electron chi connectivity index (χ4n) is 1.67. The summed E-state index contributed by atoms with van der Waals surface area (Å²) in [4.78, 5) is 4.13. The highest BCUT2D eigenvalue weighted by Crippen LogP contribution is 2.34. The molecule has 0 fully saturated rings. The van der Waals surface area contributed by atoms with Crippen LogP contribution in [0.25, 0.3) is 11.3 Å². The standard InChI is InChI=1S/C13H13F3N2OS/c14-13(15,16)12(19,8-17)6-11-18-10(7-20-11)9-4-2-1-3-5-9/h1-5,7,19H,6,8,17H2. The topological polar surface area (TPSA) is 59.1 Å². The maximum atomic E-state index is 12.8. The van der Waals surface area contributed by atoms with E-state index in [4.69, 9.17) is 5.73 Å². The van der Waals surface area contributed by atoms with Crippen molar-refractivity contribution in [2.24, 2.45) is 5.73 Å². The summed E-state index contributed by atoms with van der Waals surface area (Å²) in [5.74, 6) is 0. The van der Waals surface area contributed by atoms with Gasteiger partial charge in [0.25, 0.3) is 0 Å². The van der Waals surface area contributed by atoms with E-state index in [0.717, 1.165) is 16.9 Å². The molecule has 0 aliphatic carbocycles. The molecule has 20 heavy (non-hydrogen) atoms. The molecule has 1 atom stereocenters. The summed E-state index contributed by atoms with van der Waals surface area (Å²) in [5, 5.41) is 11.5. The van der Waals surface area contributed by atoms with Crippen LogP contribution >= 0.6 is 11.3 Å². The zero-order chi connectivity index (χ0) is 14.8. The number of hydrogen-bond acceptors (Lipinski definition) is 4. The monoisotopic (exact) mass is 302 g/mol. The minimum Gasteiger partial charge on any atom is -0.379 e. The van der Waals surface area contributed by atoms with Gasteiger partial charge in [-0.1, -0.05) is 30.3 Å². The molecule has 0 saturated carbocycles. The smallest absolute Gasteiger partial charge is 0.379 e. The van der Waals surface area contributed by atoms with E-state index in [0.29, 0.717) is 5.69 Å². The van der Waals surface area contributed by atoms with Gasteiger partial charge in [-0.25, -0.2) is 4.98 Å². The maximum absolute atomic E-state index is 12.8. The van der Waals surface area contributed by atoms with Crippen LogP contribution in [0.4, 0.5) is 13.2 Å². The Kier molecular flexibility index (Phi) is 4.12. The van der Waals surface area contributed by atoms with E-state index in [2.05, 4.69) is 4.98 Å². The van der Waals surface area contributed by atoms with Crippen molar-refractivity contribution in [2.45, 2.75) is 18.2 Å². The van der Waals surface area contributed by atoms with Crippen LogP contribution in [0, 0.1) is 0 Å². The highest BCUT2D eigenvalue weighted by atomic mass is 32.1. The molecule has 2 aromatic rings. The predicted octanol–water partition coefficient (Wildman–Crippen LogP) is 2.60. The lowest BCUT2D eigenvalue weighted by atomic mass is 10.00. The van der Waals surface area contributed by atoms with Gasteiger partial charge in [-0.05, 0) is 0 Å². The third-order valence-corrected chi connectivity index (χ3v) is 3.78. The van der Waals surface area contributed by atoms with Crippen LogP contribution < -0.4 is 5.73 Å². The average Bonchev–Trinajstić information content (AvgIpc) is 2.86. The molecule has 1 unspecified atom stereocenters. The minimum absolute atomic E-state index is 0.203. The fraction of sp³-hybridized carbons (Fsp3) is 0.308. The second-order valence-electron chi connectivity index (χ2n) is 4.40. The lowest BCUT2D eigenvalue weighted by molar-refractivity contribution is -0.255. The number of nitrogens with two attached hydrogens (primary N) is 1.